The first-order valence-electron chi connectivity index (χ1n) is 8.79. The van der Waals surface area contributed by atoms with Crippen LogP contribution in [0.3, 0.4) is 0 Å². The summed E-state index contributed by atoms with van der Waals surface area (Å²) in [7, 11) is 1.52. The number of nitrogens with zero attached hydrogens (tertiary/aromatic N) is 2. The summed E-state index contributed by atoms with van der Waals surface area (Å²) in [6.45, 7) is 0. The quantitative estimate of drug-likeness (QED) is 0.643. The van der Waals surface area contributed by atoms with Gasteiger partial charge >= 0.3 is 0 Å². The lowest BCUT2D eigenvalue weighted by molar-refractivity contribution is 0.103. The van der Waals surface area contributed by atoms with Crippen molar-refractivity contribution >= 4 is 22.9 Å². The minimum absolute atomic E-state index is 0.160. The summed E-state index contributed by atoms with van der Waals surface area (Å²) in [6.07, 6.45) is 3.97. The molecule has 1 heterocycles. The Bertz CT molecular complexity index is 1050. The molecule has 1 N–H and O–H groups in total. The molecular formula is C21H17N3O3S. The van der Waals surface area contributed by atoms with Gasteiger partial charge in [-0.05, 0) is 49.2 Å². The van der Waals surface area contributed by atoms with Gasteiger partial charge in [-0.25, -0.2) is 4.98 Å². The van der Waals surface area contributed by atoms with Gasteiger partial charge in [-0.15, -0.1) is 11.3 Å². The summed E-state index contributed by atoms with van der Waals surface area (Å²) in [5, 5.41) is 12.9. The fourth-order valence-corrected chi connectivity index (χ4v) is 3.64. The molecule has 140 valence electrons. The maximum Gasteiger partial charge on any atom is 0.267 e. The Morgan fingerprint density at radius 3 is 2.68 bits per heavy atom. The smallest absolute Gasteiger partial charge is 0.267 e. The van der Waals surface area contributed by atoms with Crippen LogP contribution in [-0.2, 0) is 0 Å². The number of ether oxygens (including phenoxy) is 2. The number of amides is 1. The van der Waals surface area contributed by atoms with Gasteiger partial charge in [0, 0.05) is 17.7 Å². The van der Waals surface area contributed by atoms with Crippen LogP contribution in [0, 0.1) is 11.3 Å². The molecule has 0 unspecified atom stereocenters. The number of methoxy groups -OCH3 is 1. The van der Waals surface area contributed by atoms with Crippen LogP contribution in [0.5, 0.6) is 17.2 Å². The summed E-state index contributed by atoms with van der Waals surface area (Å²) in [5.74, 6) is 1.97. The van der Waals surface area contributed by atoms with E-state index in [9.17, 15) is 4.79 Å². The van der Waals surface area contributed by atoms with Crippen LogP contribution in [0.4, 0.5) is 5.69 Å². The van der Waals surface area contributed by atoms with Crippen LogP contribution >= 0.6 is 11.3 Å². The molecule has 1 aliphatic carbocycles. The zero-order chi connectivity index (χ0) is 19.5. The predicted molar refractivity (Wildman–Crippen MR) is 106 cm³/mol. The van der Waals surface area contributed by atoms with Crippen LogP contribution in [-0.4, -0.2) is 18.0 Å². The molecule has 0 aliphatic heterocycles. The van der Waals surface area contributed by atoms with Crippen molar-refractivity contribution in [2.45, 2.75) is 18.8 Å². The molecule has 1 aromatic heterocycles. The van der Waals surface area contributed by atoms with E-state index in [4.69, 9.17) is 14.7 Å². The number of carbonyl (C=O) groups excluding carboxylic acids is 1. The third kappa shape index (κ3) is 3.97. The largest absolute Gasteiger partial charge is 0.493 e. The van der Waals surface area contributed by atoms with Crippen molar-refractivity contribution in [3.05, 3.63) is 64.1 Å². The molecule has 6 nitrogen and oxygen atoms in total. The Labute approximate surface area is 166 Å². The van der Waals surface area contributed by atoms with Crippen LogP contribution in [0.25, 0.3) is 0 Å². The van der Waals surface area contributed by atoms with Gasteiger partial charge in [0.05, 0.1) is 29.9 Å². The van der Waals surface area contributed by atoms with Gasteiger partial charge in [0.25, 0.3) is 5.91 Å². The second-order valence-electron chi connectivity index (χ2n) is 6.40. The van der Waals surface area contributed by atoms with E-state index >= 15 is 0 Å². The highest BCUT2D eigenvalue weighted by Gasteiger charge is 2.27. The van der Waals surface area contributed by atoms with Crippen molar-refractivity contribution in [3.8, 4) is 23.3 Å². The van der Waals surface area contributed by atoms with E-state index in [1.165, 1.54) is 31.3 Å². The molecule has 0 radical (unpaired) electrons. The van der Waals surface area contributed by atoms with Crippen molar-refractivity contribution < 1.29 is 14.3 Å². The number of hydrogen-bond donors (Lipinski definition) is 1. The lowest BCUT2D eigenvalue weighted by Gasteiger charge is -2.11. The maximum atomic E-state index is 12.4. The number of benzene rings is 2. The number of thiazole rings is 1. The highest BCUT2D eigenvalue weighted by atomic mass is 32.1. The zero-order valence-electron chi connectivity index (χ0n) is 15.1. The van der Waals surface area contributed by atoms with Crippen LogP contribution in [0.15, 0.2) is 48.7 Å². The molecule has 7 heteroatoms. The van der Waals surface area contributed by atoms with Crippen molar-refractivity contribution in [1.82, 2.24) is 4.98 Å². The molecule has 0 saturated heterocycles. The summed E-state index contributed by atoms with van der Waals surface area (Å²) < 4.78 is 11.1. The molecule has 0 bridgehead atoms. The molecule has 0 spiro atoms. The van der Waals surface area contributed by atoms with Crippen LogP contribution in [0.2, 0.25) is 0 Å². The minimum Gasteiger partial charge on any atom is -0.493 e. The van der Waals surface area contributed by atoms with Crippen molar-refractivity contribution in [1.29, 1.82) is 5.26 Å². The average Bonchev–Trinajstić information content (AvgIpc) is 3.46. The summed E-state index contributed by atoms with van der Waals surface area (Å²) in [5.41, 5.74) is 1.17. The molecule has 0 atom stereocenters. The van der Waals surface area contributed by atoms with Crippen molar-refractivity contribution in [2.24, 2.45) is 0 Å². The second-order valence-corrected chi connectivity index (χ2v) is 7.46. The van der Waals surface area contributed by atoms with Gasteiger partial charge in [0.2, 0.25) is 0 Å². The fraction of sp³-hybridized carbons (Fsp3) is 0.190. The molecular weight excluding hydrogens is 374 g/mol. The lowest BCUT2D eigenvalue weighted by atomic mass is 10.2. The van der Waals surface area contributed by atoms with Crippen LogP contribution < -0.4 is 14.8 Å². The highest BCUT2D eigenvalue weighted by Crippen LogP contribution is 2.41. The Hall–Kier alpha value is -3.37. The van der Waals surface area contributed by atoms with Gasteiger partial charge < -0.3 is 14.8 Å². The normalized spacial score (nSPS) is 12.9. The molecule has 4 rings (SSSR count). The van der Waals surface area contributed by atoms with E-state index in [2.05, 4.69) is 16.4 Å². The summed E-state index contributed by atoms with van der Waals surface area (Å²) in [4.78, 5) is 17.3. The van der Waals surface area contributed by atoms with Gasteiger partial charge in [-0.2, -0.15) is 5.26 Å². The number of rotatable bonds is 6. The third-order valence-electron chi connectivity index (χ3n) is 4.31. The SMILES string of the molecule is COc1cc(C#N)ccc1Oc1ccc(NC(=O)c2cnc(C3CC3)s2)cc1. The predicted octanol–water partition coefficient (Wildman–Crippen LogP) is 4.95. The average molecular weight is 391 g/mol. The van der Waals surface area contributed by atoms with Crippen molar-refractivity contribution in [3.63, 3.8) is 0 Å². The van der Waals surface area contributed by atoms with Crippen LogP contribution in [0.1, 0.15) is 39.0 Å². The second kappa shape index (κ2) is 7.71. The van der Waals surface area contributed by atoms with E-state index in [1.807, 2.05) is 0 Å². The number of nitrogens with one attached hydrogen (secondary N) is 1. The Morgan fingerprint density at radius 2 is 2.00 bits per heavy atom. The summed E-state index contributed by atoms with van der Waals surface area (Å²) >= 11 is 1.46. The highest BCUT2D eigenvalue weighted by molar-refractivity contribution is 7.13. The molecule has 1 saturated carbocycles. The number of aromatic nitrogens is 1. The van der Waals surface area contributed by atoms with Gasteiger partial charge in [-0.1, -0.05) is 0 Å². The monoisotopic (exact) mass is 391 g/mol. The lowest BCUT2D eigenvalue weighted by Crippen LogP contribution is -2.09. The van der Waals surface area contributed by atoms with Gasteiger partial charge in [0.1, 0.15) is 10.6 Å². The third-order valence-corrected chi connectivity index (χ3v) is 5.47. The Balaban J connectivity index is 1.42. The number of carbonyl (C=O) groups is 1. The minimum atomic E-state index is -0.160. The molecule has 1 aliphatic rings. The van der Waals surface area contributed by atoms with Crippen molar-refractivity contribution in [2.75, 3.05) is 12.4 Å². The first-order valence-corrected chi connectivity index (χ1v) is 9.61. The molecule has 3 aromatic rings. The standard InChI is InChI=1S/C21H17N3O3S/c1-26-18-10-13(11-22)2-9-17(18)27-16-7-5-15(6-8-16)24-20(25)19-12-23-21(28-19)14-3-4-14/h2,5-10,12,14H,3-4H2,1H3,(H,24,25). The van der Waals surface area contributed by atoms with Gasteiger partial charge in [0.15, 0.2) is 11.5 Å². The summed E-state index contributed by atoms with van der Waals surface area (Å²) in [6, 6.07) is 14.1. The van der Waals surface area contributed by atoms with E-state index in [0.29, 0.717) is 39.3 Å². The molecule has 1 amide bonds. The molecule has 28 heavy (non-hydrogen) atoms. The van der Waals surface area contributed by atoms with E-state index in [0.717, 1.165) is 5.01 Å². The Kier molecular flexibility index (Phi) is 4.96. The maximum absolute atomic E-state index is 12.4. The first kappa shape index (κ1) is 18.0. The molecule has 1 fully saturated rings. The topological polar surface area (TPSA) is 84.2 Å². The first-order chi connectivity index (χ1) is 13.7. The van der Waals surface area contributed by atoms with Gasteiger partial charge in [-0.3, -0.25) is 4.79 Å². The molecule has 2 aromatic carbocycles. The number of nitriles is 1. The fourth-order valence-electron chi connectivity index (χ4n) is 2.66. The Morgan fingerprint density at radius 1 is 1.21 bits per heavy atom. The zero-order valence-corrected chi connectivity index (χ0v) is 16.0. The van der Waals surface area contributed by atoms with E-state index in [1.54, 1.807) is 48.7 Å². The number of anilines is 1. The van der Waals surface area contributed by atoms with E-state index < -0.39 is 0 Å². The van der Waals surface area contributed by atoms with E-state index in [-0.39, 0.29) is 5.91 Å². The number of hydrogen-bond acceptors (Lipinski definition) is 6.